The van der Waals surface area contributed by atoms with Gasteiger partial charge in [0.2, 0.25) is 0 Å². The molecule has 0 amide bonds. The Labute approximate surface area is 326 Å². The van der Waals surface area contributed by atoms with Gasteiger partial charge in [-0.15, -0.1) is 0 Å². The number of ether oxygens (including phenoxy) is 4. The van der Waals surface area contributed by atoms with Crippen molar-refractivity contribution in [3.8, 4) is 0 Å². The van der Waals surface area contributed by atoms with Crippen molar-refractivity contribution < 1.29 is 38.1 Å². The van der Waals surface area contributed by atoms with Crippen molar-refractivity contribution in [1.82, 2.24) is 0 Å². The number of unbranched alkanes of at least 4 members (excludes halogenated alkanes) is 20. The Hall–Kier alpha value is -3.42. The molecule has 2 aromatic carbocycles. The van der Waals surface area contributed by atoms with E-state index in [-0.39, 0.29) is 48.7 Å². The predicted molar refractivity (Wildman–Crippen MR) is 219 cm³/mol. The largest absolute Gasteiger partial charge is 0.462 e. The van der Waals surface area contributed by atoms with E-state index < -0.39 is 23.9 Å². The number of rotatable bonds is 32. The fourth-order valence-corrected chi connectivity index (χ4v) is 6.55. The normalized spacial score (nSPS) is 11.1. The van der Waals surface area contributed by atoms with Crippen molar-refractivity contribution in [3.05, 3.63) is 46.5 Å². The highest BCUT2D eigenvalue weighted by molar-refractivity contribution is 6.15. The van der Waals surface area contributed by atoms with Crippen molar-refractivity contribution in [2.24, 2.45) is 0 Å². The molecule has 0 aliphatic rings. The van der Waals surface area contributed by atoms with Gasteiger partial charge in [0, 0.05) is 0 Å². The Morgan fingerprint density at radius 3 is 0.852 bits per heavy atom. The Kier molecular flexibility index (Phi) is 25.9. The molecule has 0 aliphatic heterocycles. The first kappa shape index (κ1) is 46.7. The summed E-state index contributed by atoms with van der Waals surface area (Å²) in [5, 5.41) is 0.659. The van der Waals surface area contributed by atoms with Crippen LogP contribution in [0.4, 0.5) is 0 Å². The van der Waals surface area contributed by atoms with Crippen LogP contribution in [-0.4, -0.2) is 50.3 Å². The van der Waals surface area contributed by atoms with Gasteiger partial charge in [-0.25, -0.2) is 19.2 Å². The zero-order valence-corrected chi connectivity index (χ0v) is 34.4. The summed E-state index contributed by atoms with van der Waals surface area (Å²) in [4.78, 5) is 54.3. The van der Waals surface area contributed by atoms with Crippen LogP contribution in [0.2, 0.25) is 0 Å². The van der Waals surface area contributed by atoms with Crippen LogP contribution in [0.1, 0.15) is 223 Å². The summed E-state index contributed by atoms with van der Waals surface area (Å²) in [6.45, 7) is 9.67. The summed E-state index contributed by atoms with van der Waals surface area (Å²) in [6.07, 6.45) is 25.1. The second-order valence-corrected chi connectivity index (χ2v) is 14.8. The van der Waals surface area contributed by atoms with Crippen LogP contribution in [0.3, 0.4) is 0 Å². The number of carbonyl (C=O) groups excluding carboxylic acids is 4. The second kappa shape index (κ2) is 29.9. The fraction of sp³-hybridized carbons (Fsp3) is 0.696. The first-order chi connectivity index (χ1) is 26.4. The summed E-state index contributed by atoms with van der Waals surface area (Å²) < 4.78 is 22.8. The average Bonchev–Trinajstić information content (AvgIpc) is 3.18. The standard InChI is InChI=1S/C46H72O8/c1-5-9-13-17-21-25-29-51-43(47)37-33-39-40(41(35-37)45(49)53-31-27-23-19-15-11-7-3)34-38(44(48)52-30-26-22-18-14-10-6-2)36-42(39)46(50)54-32-28-24-20-16-12-8-4/h33-36H,5-32H2,1-4H3. The van der Waals surface area contributed by atoms with Gasteiger partial charge in [-0.05, 0) is 60.7 Å². The summed E-state index contributed by atoms with van der Waals surface area (Å²) in [5.41, 5.74) is 0.479. The molecule has 0 fully saturated rings. The zero-order valence-electron chi connectivity index (χ0n) is 34.4. The van der Waals surface area contributed by atoms with Crippen LogP contribution >= 0.6 is 0 Å². The lowest BCUT2D eigenvalue weighted by molar-refractivity contribution is 0.0476. The molecule has 0 bridgehead atoms. The van der Waals surface area contributed by atoms with E-state index >= 15 is 0 Å². The van der Waals surface area contributed by atoms with Crippen LogP contribution in [0.5, 0.6) is 0 Å². The third kappa shape index (κ3) is 18.8. The summed E-state index contributed by atoms with van der Waals surface area (Å²) in [6, 6.07) is 6.06. The van der Waals surface area contributed by atoms with Gasteiger partial charge in [-0.2, -0.15) is 0 Å². The van der Waals surface area contributed by atoms with Gasteiger partial charge in [-0.1, -0.05) is 156 Å². The van der Waals surface area contributed by atoms with Gasteiger partial charge in [-0.3, -0.25) is 0 Å². The maximum atomic E-state index is 13.7. The van der Waals surface area contributed by atoms with Crippen molar-refractivity contribution in [2.75, 3.05) is 26.4 Å². The predicted octanol–water partition coefficient (Wildman–Crippen LogP) is 12.9. The van der Waals surface area contributed by atoms with Gasteiger partial charge in [0.15, 0.2) is 0 Å². The molecule has 0 saturated heterocycles. The van der Waals surface area contributed by atoms with Crippen molar-refractivity contribution in [2.45, 2.75) is 182 Å². The van der Waals surface area contributed by atoms with Crippen LogP contribution < -0.4 is 0 Å². The first-order valence-electron chi connectivity index (χ1n) is 21.7. The fourth-order valence-electron chi connectivity index (χ4n) is 6.55. The minimum Gasteiger partial charge on any atom is -0.462 e. The molecule has 304 valence electrons. The lowest BCUT2D eigenvalue weighted by Crippen LogP contribution is -2.15. The molecule has 0 atom stereocenters. The molecule has 8 heteroatoms. The van der Waals surface area contributed by atoms with Gasteiger partial charge in [0.25, 0.3) is 0 Å². The van der Waals surface area contributed by atoms with E-state index in [2.05, 4.69) is 27.7 Å². The van der Waals surface area contributed by atoms with Gasteiger partial charge >= 0.3 is 23.9 Å². The minimum absolute atomic E-state index is 0.0977. The molecule has 0 saturated carbocycles. The number of fused-ring (bicyclic) bond motifs is 1. The molecule has 0 aliphatic carbocycles. The van der Waals surface area contributed by atoms with E-state index in [1.807, 2.05) is 0 Å². The van der Waals surface area contributed by atoms with Crippen LogP contribution in [-0.2, 0) is 18.9 Å². The molecule has 0 heterocycles. The van der Waals surface area contributed by atoms with Crippen LogP contribution in [0.25, 0.3) is 10.8 Å². The molecule has 0 radical (unpaired) electrons. The maximum absolute atomic E-state index is 13.7. The number of hydrogen-bond donors (Lipinski definition) is 0. The Morgan fingerprint density at radius 1 is 0.333 bits per heavy atom. The quantitative estimate of drug-likeness (QED) is 0.0413. The molecule has 2 rings (SSSR count). The lowest BCUT2D eigenvalue weighted by Gasteiger charge is -2.15. The number of hydrogen-bond acceptors (Lipinski definition) is 8. The molecular formula is C46H72O8. The average molecular weight is 753 g/mol. The highest BCUT2D eigenvalue weighted by atomic mass is 16.5. The van der Waals surface area contributed by atoms with Crippen molar-refractivity contribution in [1.29, 1.82) is 0 Å². The van der Waals surface area contributed by atoms with Gasteiger partial charge in [0.05, 0.1) is 48.7 Å². The van der Waals surface area contributed by atoms with E-state index in [1.54, 1.807) is 12.1 Å². The first-order valence-corrected chi connectivity index (χ1v) is 21.7. The molecule has 0 spiro atoms. The summed E-state index contributed by atoms with van der Waals surface area (Å²) in [5.74, 6) is -2.40. The van der Waals surface area contributed by atoms with Crippen LogP contribution in [0.15, 0.2) is 24.3 Å². The molecule has 0 aromatic heterocycles. The second-order valence-electron chi connectivity index (χ2n) is 14.8. The van der Waals surface area contributed by atoms with Gasteiger partial charge in [0.1, 0.15) is 0 Å². The van der Waals surface area contributed by atoms with Crippen molar-refractivity contribution in [3.63, 3.8) is 0 Å². The van der Waals surface area contributed by atoms with E-state index in [0.29, 0.717) is 10.8 Å². The molecule has 0 unspecified atom stereocenters. The van der Waals surface area contributed by atoms with E-state index in [0.717, 1.165) is 128 Å². The molecule has 2 aromatic rings. The Morgan fingerprint density at radius 2 is 0.574 bits per heavy atom. The Bertz CT molecular complexity index is 1260. The van der Waals surface area contributed by atoms with E-state index in [1.165, 1.54) is 37.8 Å². The van der Waals surface area contributed by atoms with E-state index in [9.17, 15) is 19.2 Å². The van der Waals surface area contributed by atoms with Crippen LogP contribution in [0, 0.1) is 0 Å². The van der Waals surface area contributed by atoms with E-state index in [4.69, 9.17) is 18.9 Å². The van der Waals surface area contributed by atoms with Crippen molar-refractivity contribution >= 4 is 34.6 Å². The van der Waals surface area contributed by atoms with Gasteiger partial charge < -0.3 is 18.9 Å². The smallest absolute Gasteiger partial charge is 0.338 e. The number of carbonyl (C=O) groups is 4. The highest BCUT2D eigenvalue weighted by Crippen LogP contribution is 2.29. The molecule has 8 nitrogen and oxygen atoms in total. The minimum atomic E-state index is -0.622. The summed E-state index contributed by atoms with van der Waals surface area (Å²) >= 11 is 0. The maximum Gasteiger partial charge on any atom is 0.338 e. The molecule has 54 heavy (non-hydrogen) atoms. The lowest BCUT2D eigenvalue weighted by atomic mass is 9.94. The third-order valence-electron chi connectivity index (χ3n) is 9.91. The molecular weight excluding hydrogens is 680 g/mol. The third-order valence-corrected chi connectivity index (χ3v) is 9.91. The summed E-state index contributed by atoms with van der Waals surface area (Å²) in [7, 11) is 0. The number of esters is 4. The zero-order chi connectivity index (χ0) is 39.2. The highest BCUT2D eigenvalue weighted by Gasteiger charge is 2.24. The molecule has 0 N–H and O–H groups in total. The Balaban J connectivity index is 2.42. The monoisotopic (exact) mass is 753 g/mol. The SMILES string of the molecule is CCCCCCCCOC(=O)c1cc(C(=O)OCCCCCCCC)c2cc(C(=O)OCCCCCCCC)cc(C(=O)OCCCCCCCC)c2c1. The number of benzene rings is 2. The topological polar surface area (TPSA) is 105 Å².